The van der Waals surface area contributed by atoms with Crippen molar-refractivity contribution < 1.29 is 19.1 Å². The maximum absolute atomic E-state index is 13.3. The van der Waals surface area contributed by atoms with Gasteiger partial charge in [-0.25, -0.2) is 0 Å². The molecule has 152 valence electrons. The monoisotopic (exact) mass is 402 g/mol. The minimum absolute atomic E-state index is 0.201. The van der Waals surface area contributed by atoms with Gasteiger partial charge in [-0.2, -0.15) is 0 Å². The maximum atomic E-state index is 13.3. The quantitative estimate of drug-likeness (QED) is 0.703. The van der Waals surface area contributed by atoms with Crippen LogP contribution < -0.4 is 19.7 Å². The highest BCUT2D eigenvalue weighted by atomic mass is 16.5. The number of methoxy groups -OCH3 is 2. The third-order valence-electron chi connectivity index (χ3n) is 5.17. The Morgan fingerprint density at radius 1 is 0.900 bits per heavy atom. The Morgan fingerprint density at radius 2 is 1.60 bits per heavy atom. The molecule has 30 heavy (non-hydrogen) atoms. The number of nitrogens with one attached hydrogen (secondary N) is 1. The highest BCUT2D eigenvalue weighted by Crippen LogP contribution is 2.35. The molecule has 0 spiro atoms. The Labute approximate surface area is 175 Å². The highest BCUT2D eigenvalue weighted by Gasteiger charge is 2.38. The topological polar surface area (TPSA) is 67.9 Å². The number of benzene rings is 3. The maximum Gasteiger partial charge on any atom is 0.259 e. The SMILES string of the molecule is COc1ccc(NC(=O)[C@@H]2Cc3ccccc3N2C(=O)c2ccccc2)cc1OC. The van der Waals surface area contributed by atoms with Crippen molar-refractivity contribution in [2.75, 3.05) is 24.4 Å². The van der Waals surface area contributed by atoms with E-state index in [9.17, 15) is 9.59 Å². The number of hydrogen-bond donors (Lipinski definition) is 1. The van der Waals surface area contributed by atoms with Crippen molar-refractivity contribution in [1.29, 1.82) is 0 Å². The van der Waals surface area contributed by atoms with Gasteiger partial charge in [-0.15, -0.1) is 0 Å². The summed E-state index contributed by atoms with van der Waals surface area (Å²) in [5, 5.41) is 2.91. The zero-order valence-corrected chi connectivity index (χ0v) is 16.8. The first kappa shape index (κ1) is 19.5. The predicted octanol–water partition coefficient (Wildman–Crippen LogP) is 3.91. The second kappa shape index (κ2) is 8.29. The fourth-order valence-electron chi connectivity index (χ4n) is 3.71. The van der Waals surface area contributed by atoms with Crippen LogP contribution in [-0.2, 0) is 11.2 Å². The first-order valence-corrected chi connectivity index (χ1v) is 9.61. The molecule has 0 unspecified atom stereocenters. The van der Waals surface area contributed by atoms with Crippen molar-refractivity contribution in [3.8, 4) is 11.5 Å². The molecule has 0 aliphatic carbocycles. The van der Waals surface area contributed by atoms with E-state index in [2.05, 4.69) is 5.32 Å². The number of para-hydroxylation sites is 1. The van der Waals surface area contributed by atoms with Crippen LogP contribution in [-0.4, -0.2) is 32.1 Å². The molecule has 0 radical (unpaired) electrons. The summed E-state index contributed by atoms with van der Waals surface area (Å²) in [5.74, 6) is 0.627. The molecule has 1 N–H and O–H groups in total. The van der Waals surface area contributed by atoms with Gasteiger partial charge in [0.15, 0.2) is 11.5 Å². The van der Waals surface area contributed by atoms with Gasteiger partial charge >= 0.3 is 0 Å². The zero-order valence-electron chi connectivity index (χ0n) is 16.8. The van der Waals surface area contributed by atoms with E-state index < -0.39 is 6.04 Å². The molecule has 3 aromatic rings. The molecule has 0 saturated heterocycles. The molecule has 6 heteroatoms. The van der Waals surface area contributed by atoms with Gasteiger partial charge in [-0.3, -0.25) is 14.5 Å². The number of fused-ring (bicyclic) bond motifs is 1. The molecular weight excluding hydrogens is 380 g/mol. The highest BCUT2D eigenvalue weighted by molar-refractivity contribution is 6.13. The van der Waals surface area contributed by atoms with E-state index in [0.29, 0.717) is 29.2 Å². The third-order valence-corrected chi connectivity index (χ3v) is 5.17. The second-order valence-electron chi connectivity index (χ2n) is 6.95. The van der Waals surface area contributed by atoms with Crippen molar-refractivity contribution in [3.63, 3.8) is 0 Å². The minimum Gasteiger partial charge on any atom is -0.493 e. The largest absolute Gasteiger partial charge is 0.493 e. The van der Waals surface area contributed by atoms with Crippen molar-refractivity contribution in [3.05, 3.63) is 83.9 Å². The fourth-order valence-corrected chi connectivity index (χ4v) is 3.71. The summed E-state index contributed by atoms with van der Waals surface area (Å²) < 4.78 is 10.6. The van der Waals surface area contributed by atoms with E-state index in [1.54, 1.807) is 42.3 Å². The van der Waals surface area contributed by atoms with E-state index in [0.717, 1.165) is 11.3 Å². The number of rotatable bonds is 5. The average Bonchev–Trinajstić information content (AvgIpc) is 3.19. The average molecular weight is 402 g/mol. The van der Waals surface area contributed by atoms with Crippen LogP contribution in [0.4, 0.5) is 11.4 Å². The molecule has 1 aliphatic rings. The fraction of sp³-hybridized carbons (Fsp3) is 0.167. The van der Waals surface area contributed by atoms with Gasteiger partial charge in [0.25, 0.3) is 5.91 Å². The lowest BCUT2D eigenvalue weighted by Crippen LogP contribution is -2.45. The van der Waals surface area contributed by atoms with Crippen molar-refractivity contribution in [2.24, 2.45) is 0 Å². The van der Waals surface area contributed by atoms with Crippen LogP contribution in [0.25, 0.3) is 0 Å². The Bertz CT molecular complexity index is 1080. The normalized spacial score (nSPS) is 14.7. The number of anilines is 2. The third kappa shape index (κ3) is 3.59. The van der Waals surface area contributed by atoms with E-state index in [1.807, 2.05) is 42.5 Å². The molecule has 3 aromatic carbocycles. The van der Waals surface area contributed by atoms with Gasteiger partial charge in [0.2, 0.25) is 5.91 Å². The number of carbonyl (C=O) groups excluding carboxylic acids is 2. The van der Waals surface area contributed by atoms with Crippen molar-refractivity contribution in [2.45, 2.75) is 12.5 Å². The molecule has 2 amide bonds. The molecule has 1 heterocycles. The van der Waals surface area contributed by atoms with Crippen LogP contribution >= 0.6 is 0 Å². The lowest BCUT2D eigenvalue weighted by Gasteiger charge is -2.25. The van der Waals surface area contributed by atoms with Crippen LogP contribution in [0, 0.1) is 0 Å². The van der Waals surface area contributed by atoms with E-state index in [4.69, 9.17) is 9.47 Å². The van der Waals surface area contributed by atoms with Crippen molar-refractivity contribution >= 4 is 23.2 Å². The van der Waals surface area contributed by atoms with Crippen LogP contribution in [0.15, 0.2) is 72.8 Å². The van der Waals surface area contributed by atoms with Gasteiger partial charge in [-0.05, 0) is 35.9 Å². The molecule has 6 nitrogen and oxygen atoms in total. The van der Waals surface area contributed by atoms with Crippen molar-refractivity contribution in [1.82, 2.24) is 0 Å². The Kier molecular flexibility index (Phi) is 5.39. The summed E-state index contributed by atoms with van der Waals surface area (Å²) in [4.78, 5) is 28.1. The summed E-state index contributed by atoms with van der Waals surface area (Å²) in [6.45, 7) is 0. The summed E-state index contributed by atoms with van der Waals surface area (Å²) in [6.07, 6.45) is 0.452. The van der Waals surface area contributed by atoms with Crippen LogP contribution in [0.1, 0.15) is 15.9 Å². The first-order valence-electron chi connectivity index (χ1n) is 9.61. The van der Waals surface area contributed by atoms with Gasteiger partial charge in [0, 0.05) is 29.4 Å². The standard InChI is InChI=1S/C24H22N2O4/c1-29-21-13-12-18(15-22(21)30-2)25-23(27)20-14-17-10-6-7-11-19(17)26(20)24(28)16-8-4-3-5-9-16/h3-13,15,20H,14H2,1-2H3,(H,25,27)/t20-/m0/s1. The molecule has 0 aromatic heterocycles. The van der Waals surface area contributed by atoms with Gasteiger partial charge in [-0.1, -0.05) is 36.4 Å². The lowest BCUT2D eigenvalue weighted by molar-refractivity contribution is -0.117. The first-order chi connectivity index (χ1) is 14.6. The van der Waals surface area contributed by atoms with Gasteiger partial charge in [0.05, 0.1) is 14.2 Å². The van der Waals surface area contributed by atoms with E-state index >= 15 is 0 Å². The van der Waals surface area contributed by atoms with Gasteiger partial charge < -0.3 is 14.8 Å². The second-order valence-corrected chi connectivity index (χ2v) is 6.95. The molecule has 4 rings (SSSR count). The number of ether oxygens (including phenoxy) is 2. The number of nitrogens with zero attached hydrogens (tertiary/aromatic N) is 1. The number of hydrogen-bond acceptors (Lipinski definition) is 4. The Balaban J connectivity index is 1.63. The minimum atomic E-state index is -0.650. The van der Waals surface area contributed by atoms with Crippen LogP contribution in [0.2, 0.25) is 0 Å². The molecule has 0 bridgehead atoms. The molecule has 1 atom stereocenters. The smallest absolute Gasteiger partial charge is 0.259 e. The molecule has 0 saturated carbocycles. The summed E-state index contributed by atoms with van der Waals surface area (Å²) in [5.41, 5.74) is 2.84. The molecule has 0 fully saturated rings. The Hall–Kier alpha value is -3.80. The molecular formula is C24H22N2O4. The summed E-state index contributed by atoms with van der Waals surface area (Å²) in [7, 11) is 3.09. The summed E-state index contributed by atoms with van der Waals surface area (Å²) in [6, 6.07) is 21.1. The van der Waals surface area contributed by atoms with Crippen LogP contribution in [0.5, 0.6) is 11.5 Å². The predicted molar refractivity (Wildman–Crippen MR) is 115 cm³/mol. The van der Waals surface area contributed by atoms with E-state index in [1.165, 1.54) is 7.11 Å². The number of carbonyl (C=O) groups is 2. The lowest BCUT2D eigenvalue weighted by atomic mass is 10.1. The van der Waals surface area contributed by atoms with Gasteiger partial charge in [0.1, 0.15) is 6.04 Å². The van der Waals surface area contributed by atoms with E-state index in [-0.39, 0.29) is 11.8 Å². The summed E-state index contributed by atoms with van der Waals surface area (Å²) >= 11 is 0. The zero-order chi connectivity index (χ0) is 21.1. The molecule has 1 aliphatic heterocycles. The number of amides is 2. The van der Waals surface area contributed by atoms with Crippen LogP contribution in [0.3, 0.4) is 0 Å². The Morgan fingerprint density at radius 3 is 2.33 bits per heavy atom.